The van der Waals surface area contributed by atoms with Crippen molar-refractivity contribution in [3.8, 4) is 0 Å². The first-order valence-electron chi connectivity index (χ1n) is 6.28. The Hall–Kier alpha value is -2.48. The fourth-order valence-electron chi connectivity index (χ4n) is 1.47. The van der Waals surface area contributed by atoms with Crippen LogP contribution in [0.25, 0.3) is 0 Å². The molecule has 0 spiro atoms. The minimum Gasteiger partial charge on any atom is -0.466 e. The van der Waals surface area contributed by atoms with Crippen LogP contribution in [-0.2, 0) is 9.53 Å². The van der Waals surface area contributed by atoms with E-state index in [9.17, 15) is 19.7 Å². The molecule has 0 radical (unpaired) electrons. The summed E-state index contributed by atoms with van der Waals surface area (Å²) in [6.07, 6.45) is -0.0606. The van der Waals surface area contributed by atoms with Gasteiger partial charge < -0.3 is 4.74 Å². The third kappa shape index (κ3) is 5.13. The predicted octanol–water partition coefficient (Wildman–Crippen LogP) is 2.31. The van der Waals surface area contributed by atoms with Crippen molar-refractivity contribution in [3.05, 3.63) is 38.9 Å². The number of hydrogen-bond donors (Lipinski definition) is 1. The van der Waals surface area contributed by atoms with Gasteiger partial charge >= 0.3 is 5.97 Å². The van der Waals surface area contributed by atoms with Crippen LogP contribution < -0.4 is 5.43 Å². The number of nitrogens with zero attached hydrogens (tertiary/aromatic N) is 2. The summed E-state index contributed by atoms with van der Waals surface area (Å²) >= 11 is 5.66. The Morgan fingerprint density at radius 1 is 1.45 bits per heavy atom. The molecule has 118 valence electrons. The molecule has 0 aromatic heterocycles. The lowest BCUT2D eigenvalue weighted by Gasteiger charge is -2.04. The number of carbonyl (C=O) groups is 2. The van der Waals surface area contributed by atoms with Crippen molar-refractivity contribution in [2.45, 2.75) is 20.3 Å². The van der Waals surface area contributed by atoms with Crippen molar-refractivity contribution >= 4 is 34.9 Å². The Morgan fingerprint density at radius 2 is 2.14 bits per heavy atom. The lowest BCUT2D eigenvalue weighted by molar-refractivity contribution is -0.384. The zero-order valence-electron chi connectivity index (χ0n) is 12.0. The Morgan fingerprint density at radius 3 is 2.73 bits per heavy atom. The van der Waals surface area contributed by atoms with Crippen molar-refractivity contribution in [2.24, 2.45) is 5.10 Å². The van der Waals surface area contributed by atoms with Crippen molar-refractivity contribution in [3.63, 3.8) is 0 Å². The molecule has 0 unspecified atom stereocenters. The second kappa shape index (κ2) is 8.08. The molecule has 8 nitrogen and oxygen atoms in total. The molecule has 0 heterocycles. The molecule has 0 aliphatic rings. The largest absolute Gasteiger partial charge is 0.466 e. The number of rotatable bonds is 6. The maximum atomic E-state index is 11.8. The van der Waals surface area contributed by atoms with Gasteiger partial charge in [-0.25, -0.2) is 5.43 Å². The van der Waals surface area contributed by atoms with E-state index in [2.05, 4.69) is 10.5 Å². The first-order valence-corrected chi connectivity index (χ1v) is 6.66. The van der Waals surface area contributed by atoms with Crippen molar-refractivity contribution in [2.75, 3.05) is 6.61 Å². The van der Waals surface area contributed by atoms with E-state index in [1.165, 1.54) is 12.1 Å². The molecule has 0 saturated carbocycles. The second-order valence-corrected chi connectivity index (χ2v) is 4.60. The number of nitro groups is 1. The molecule has 0 aliphatic carbocycles. The number of ether oxygens (including phenoxy) is 1. The molecule has 0 aliphatic heterocycles. The van der Waals surface area contributed by atoms with Crippen LogP contribution >= 0.6 is 11.6 Å². The second-order valence-electron chi connectivity index (χ2n) is 4.19. The van der Waals surface area contributed by atoms with Crippen LogP contribution in [0.4, 0.5) is 5.69 Å². The predicted molar refractivity (Wildman–Crippen MR) is 79.9 cm³/mol. The molecule has 0 bridgehead atoms. The van der Waals surface area contributed by atoms with E-state index >= 15 is 0 Å². The van der Waals surface area contributed by atoms with Gasteiger partial charge in [0.1, 0.15) is 5.02 Å². The highest BCUT2D eigenvalue weighted by atomic mass is 35.5. The minimum atomic E-state index is -0.686. The molecule has 22 heavy (non-hydrogen) atoms. The van der Waals surface area contributed by atoms with Gasteiger partial charge in [0.05, 0.1) is 18.0 Å². The highest BCUT2D eigenvalue weighted by molar-refractivity contribution is 6.32. The number of hydrazone groups is 1. The Balaban J connectivity index is 2.75. The number of esters is 1. The lowest BCUT2D eigenvalue weighted by Crippen LogP contribution is -2.20. The summed E-state index contributed by atoms with van der Waals surface area (Å²) < 4.78 is 4.74. The number of amides is 1. The molecule has 1 aromatic rings. The molecule has 0 atom stereocenters. The Kier molecular flexibility index (Phi) is 6.46. The maximum absolute atomic E-state index is 11.8. The first-order chi connectivity index (χ1) is 10.3. The zero-order valence-corrected chi connectivity index (χ0v) is 12.7. The summed E-state index contributed by atoms with van der Waals surface area (Å²) in [6.45, 7) is 3.48. The van der Waals surface area contributed by atoms with Crippen LogP contribution in [-0.4, -0.2) is 29.1 Å². The molecule has 0 fully saturated rings. The average molecular weight is 328 g/mol. The van der Waals surface area contributed by atoms with Crippen LogP contribution in [0.1, 0.15) is 30.6 Å². The van der Waals surface area contributed by atoms with Crippen LogP contribution in [0.3, 0.4) is 0 Å². The van der Waals surface area contributed by atoms with Crippen LogP contribution in [0.2, 0.25) is 5.02 Å². The summed E-state index contributed by atoms with van der Waals surface area (Å²) in [5, 5.41) is 14.4. The monoisotopic (exact) mass is 327 g/mol. The molecule has 1 aromatic carbocycles. The molecule has 1 rings (SSSR count). The molecule has 0 saturated heterocycles. The van der Waals surface area contributed by atoms with E-state index in [4.69, 9.17) is 16.3 Å². The third-order valence-corrected chi connectivity index (χ3v) is 2.78. The van der Waals surface area contributed by atoms with E-state index in [1.54, 1.807) is 13.8 Å². The number of benzene rings is 1. The van der Waals surface area contributed by atoms with Gasteiger partial charge in [-0.2, -0.15) is 5.10 Å². The van der Waals surface area contributed by atoms with E-state index in [0.29, 0.717) is 5.71 Å². The van der Waals surface area contributed by atoms with Crippen LogP contribution in [0.5, 0.6) is 0 Å². The SMILES string of the molecule is CCOC(=O)C/C(C)=N/NC(=O)c1ccc(Cl)c([N+](=O)[O-])c1. The van der Waals surface area contributed by atoms with Gasteiger partial charge in [-0.1, -0.05) is 11.6 Å². The summed E-state index contributed by atoms with van der Waals surface area (Å²) in [4.78, 5) is 33.1. The van der Waals surface area contributed by atoms with Gasteiger partial charge in [0.25, 0.3) is 11.6 Å². The van der Waals surface area contributed by atoms with Gasteiger partial charge in [0.2, 0.25) is 0 Å². The molecule has 1 N–H and O–H groups in total. The van der Waals surface area contributed by atoms with E-state index in [-0.39, 0.29) is 29.3 Å². The van der Waals surface area contributed by atoms with E-state index in [1.807, 2.05) is 0 Å². The van der Waals surface area contributed by atoms with Crippen LogP contribution in [0.15, 0.2) is 23.3 Å². The van der Waals surface area contributed by atoms with Crippen molar-refractivity contribution in [1.29, 1.82) is 0 Å². The van der Waals surface area contributed by atoms with Gasteiger partial charge in [0, 0.05) is 17.3 Å². The molecule has 9 heteroatoms. The summed E-state index contributed by atoms with van der Waals surface area (Å²) in [5.74, 6) is -1.11. The summed E-state index contributed by atoms with van der Waals surface area (Å²) in [7, 11) is 0. The van der Waals surface area contributed by atoms with Crippen LogP contribution in [0, 0.1) is 10.1 Å². The molecule has 1 amide bonds. The number of nitro benzene ring substituents is 1. The number of halogens is 1. The Labute approximate surface area is 131 Å². The van der Waals surface area contributed by atoms with Gasteiger partial charge in [-0.3, -0.25) is 19.7 Å². The highest BCUT2D eigenvalue weighted by Gasteiger charge is 2.16. The smallest absolute Gasteiger partial charge is 0.311 e. The lowest BCUT2D eigenvalue weighted by atomic mass is 10.2. The van der Waals surface area contributed by atoms with Gasteiger partial charge in [-0.15, -0.1) is 0 Å². The van der Waals surface area contributed by atoms with Gasteiger partial charge in [-0.05, 0) is 26.0 Å². The normalized spacial score (nSPS) is 11.0. The average Bonchev–Trinajstić information content (AvgIpc) is 2.45. The summed E-state index contributed by atoms with van der Waals surface area (Å²) in [5.41, 5.74) is 2.21. The third-order valence-electron chi connectivity index (χ3n) is 2.46. The molecular weight excluding hydrogens is 314 g/mol. The van der Waals surface area contributed by atoms with E-state index in [0.717, 1.165) is 6.07 Å². The molecular formula is C13H14ClN3O5. The first kappa shape index (κ1) is 17.6. The van der Waals surface area contributed by atoms with Crippen molar-refractivity contribution in [1.82, 2.24) is 5.43 Å². The Bertz CT molecular complexity index is 630. The standard InChI is InChI=1S/C13H14ClN3O5/c1-3-22-12(18)6-8(2)15-16-13(19)9-4-5-10(14)11(7-9)17(20)21/h4-5,7H,3,6H2,1-2H3,(H,16,19)/b15-8+. The summed E-state index contributed by atoms with van der Waals surface area (Å²) in [6, 6.07) is 3.64. The fourth-order valence-corrected chi connectivity index (χ4v) is 1.65. The number of hydrogen-bond acceptors (Lipinski definition) is 6. The quantitative estimate of drug-likeness (QED) is 0.373. The number of nitrogens with one attached hydrogen (secondary N) is 1. The fraction of sp³-hybridized carbons (Fsp3) is 0.308. The maximum Gasteiger partial charge on any atom is 0.311 e. The zero-order chi connectivity index (χ0) is 16.7. The van der Waals surface area contributed by atoms with E-state index < -0.39 is 16.8 Å². The minimum absolute atomic E-state index is 0.0313. The van der Waals surface area contributed by atoms with Crippen molar-refractivity contribution < 1.29 is 19.2 Å². The number of carbonyl (C=O) groups excluding carboxylic acids is 2. The highest BCUT2D eigenvalue weighted by Crippen LogP contribution is 2.24. The van der Waals surface area contributed by atoms with Gasteiger partial charge in [0.15, 0.2) is 0 Å². The topological polar surface area (TPSA) is 111 Å².